The smallest absolute Gasteiger partial charge is 0.223 e. The lowest BCUT2D eigenvalue weighted by molar-refractivity contribution is -0.129. The second-order valence-corrected chi connectivity index (χ2v) is 4.99. The van der Waals surface area contributed by atoms with E-state index < -0.39 is 12.2 Å². The van der Waals surface area contributed by atoms with E-state index in [9.17, 15) is 15.0 Å². The van der Waals surface area contributed by atoms with Gasteiger partial charge >= 0.3 is 0 Å². The lowest BCUT2D eigenvalue weighted by Gasteiger charge is -2.40. The van der Waals surface area contributed by atoms with Gasteiger partial charge in [0.15, 0.2) is 0 Å². The molecule has 0 spiro atoms. The third kappa shape index (κ3) is 1.33. The summed E-state index contributed by atoms with van der Waals surface area (Å²) in [7, 11) is 0. The zero-order valence-corrected chi connectivity index (χ0v) is 9.22. The summed E-state index contributed by atoms with van der Waals surface area (Å²) < 4.78 is 0. The average molecular weight is 223 g/mol. The van der Waals surface area contributed by atoms with Gasteiger partial charge in [-0.3, -0.25) is 4.79 Å². The summed E-state index contributed by atoms with van der Waals surface area (Å²) in [6.07, 6.45) is 2.42. The molecule has 3 rings (SSSR count). The summed E-state index contributed by atoms with van der Waals surface area (Å²) in [6.45, 7) is 0.714. The molecular formula is C12H17NO3. The molecule has 0 saturated carbocycles. The number of aliphatic hydroxyl groups excluding tert-OH is 2. The van der Waals surface area contributed by atoms with Gasteiger partial charge in [-0.05, 0) is 36.8 Å². The summed E-state index contributed by atoms with van der Waals surface area (Å²) in [5, 5.41) is 19.6. The largest absolute Gasteiger partial charge is 0.390 e. The first-order valence-corrected chi connectivity index (χ1v) is 6.06. The Morgan fingerprint density at radius 2 is 1.88 bits per heavy atom. The van der Waals surface area contributed by atoms with Gasteiger partial charge in [-0.15, -0.1) is 0 Å². The average Bonchev–Trinajstić information content (AvgIpc) is 2.66. The third-order valence-corrected chi connectivity index (χ3v) is 4.20. The zero-order valence-electron chi connectivity index (χ0n) is 9.22. The van der Waals surface area contributed by atoms with Crippen LogP contribution in [0.25, 0.3) is 0 Å². The number of hydrogen-bond donors (Lipinski definition) is 2. The van der Waals surface area contributed by atoms with E-state index in [1.54, 1.807) is 0 Å². The van der Waals surface area contributed by atoms with Crippen molar-refractivity contribution >= 4 is 5.91 Å². The van der Waals surface area contributed by atoms with E-state index in [2.05, 4.69) is 0 Å². The number of amides is 1. The molecule has 2 aliphatic heterocycles. The first kappa shape index (κ1) is 10.3. The molecule has 2 N–H and O–H groups in total. The van der Waals surface area contributed by atoms with E-state index in [1.165, 1.54) is 5.57 Å². The van der Waals surface area contributed by atoms with Crippen LogP contribution >= 0.6 is 0 Å². The van der Waals surface area contributed by atoms with Gasteiger partial charge in [-0.25, -0.2) is 0 Å². The van der Waals surface area contributed by atoms with Crippen molar-refractivity contribution in [1.82, 2.24) is 4.90 Å². The highest BCUT2D eigenvalue weighted by Gasteiger charge is 2.41. The predicted molar refractivity (Wildman–Crippen MR) is 57.6 cm³/mol. The molecule has 1 fully saturated rings. The first-order valence-electron chi connectivity index (χ1n) is 6.06. The van der Waals surface area contributed by atoms with Gasteiger partial charge in [0.05, 0.1) is 12.1 Å². The van der Waals surface area contributed by atoms with Gasteiger partial charge in [0.1, 0.15) is 6.10 Å². The number of rotatable bonds is 0. The van der Waals surface area contributed by atoms with Crippen molar-refractivity contribution in [1.29, 1.82) is 0 Å². The van der Waals surface area contributed by atoms with Gasteiger partial charge in [-0.1, -0.05) is 0 Å². The Balaban J connectivity index is 1.95. The van der Waals surface area contributed by atoms with Crippen LogP contribution in [0.4, 0.5) is 0 Å². The monoisotopic (exact) mass is 223 g/mol. The topological polar surface area (TPSA) is 60.8 Å². The first-order chi connectivity index (χ1) is 7.68. The molecule has 88 valence electrons. The minimum absolute atomic E-state index is 0.221. The van der Waals surface area contributed by atoms with Crippen LogP contribution in [0.1, 0.15) is 32.1 Å². The molecule has 0 aromatic rings. The minimum atomic E-state index is -0.693. The van der Waals surface area contributed by atoms with Crippen molar-refractivity contribution in [3.63, 3.8) is 0 Å². The molecule has 2 unspecified atom stereocenters. The van der Waals surface area contributed by atoms with Crippen molar-refractivity contribution in [2.45, 2.75) is 50.4 Å². The molecule has 0 aromatic carbocycles. The van der Waals surface area contributed by atoms with Gasteiger partial charge in [-0.2, -0.15) is 0 Å². The van der Waals surface area contributed by atoms with E-state index in [4.69, 9.17) is 0 Å². The summed E-state index contributed by atoms with van der Waals surface area (Å²) in [5.74, 6) is 0.247. The molecule has 1 saturated heterocycles. The summed E-state index contributed by atoms with van der Waals surface area (Å²) in [6, 6.07) is 0.221. The Morgan fingerprint density at radius 1 is 1.06 bits per heavy atom. The van der Waals surface area contributed by atoms with Crippen molar-refractivity contribution in [2.24, 2.45) is 0 Å². The third-order valence-electron chi connectivity index (χ3n) is 4.20. The van der Waals surface area contributed by atoms with Crippen LogP contribution in [0.15, 0.2) is 11.1 Å². The zero-order chi connectivity index (χ0) is 11.3. The molecule has 3 aliphatic rings. The Bertz CT molecular complexity index is 363. The van der Waals surface area contributed by atoms with Crippen LogP contribution in [-0.2, 0) is 4.79 Å². The number of nitrogens with zero attached hydrogens (tertiary/aromatic N) is 1. The standard InChI is InChI=1S/C12H17NO3/c14-10-3-1-7-8(12(10)16)5-6-13-9(7)2-4-11(13)15/h9-10,12,14,16H,1-6H2/t9-,10?,12?/m1/s1. The number of carbonyl (C=O) groups is 1. The molecule has 0 radical (unpaired) electrons. The maximum atomic E-state index is 11.6. The van der Waals surface area contributed by atoms with Crippen LogP contribution < -0.4 is 0 Å². The Kier molecular flexibility index (Phi) is 2.30. The lowest BCUT2D eigenvalue weighted by atomic mass is 9.79. The fourth-order valence-corrected chi connectivity index (χ4v) is 3.35. The Hall–Kier alpha value is -0.870. The minimum Gasteiger partial charge on any atom is -0.390 e. The van der Waals surface area contributed by atoms with Crippen molar-refractivity contribution in [3.05, 3.63) is 11.1 Å². The van der Waals surface area contributed by atoms with Crippen molar-refractivity contribution in [2.75, 3.05) is 6.54 Å². The van der Waals surface area contributed by atoms with E-state index in [0.29, 0.717) is 19.4 Å². The quantitative estimate of drug-likeness (QED) is 0.576. The summed E-state index contributed by atoms with van der Waals surface area (Å²) in [4.78, 5) is 13.6. The van der Waals surface area contributed by atoms with Gasteiger partial charge in [0, 0.05) is 13.0 Å². The normalized spacial score (nSPS) is 38.8. The highest BCUT2D eigenvalue weighted by Crippen LogP contribution is 2.39. The molecule has 4 heteroatoms. The van der Waals surface area contributed by atoms with Gasteiger partial charge in [0.2, 0.25) is 5.91 Å². The van der Waals surface area contributed by atoms with E-state index in [0.717, 1.165) is 24.8 Å². The molecule has 4 nitrogen and oxygen atoms in total. The SMILES string of the molecule is O=C1CC[C@@H]2C3=C(CCN12)C(O)C(O)CC3. The van der Waals surface area contributed by atoms with Gasteiger partial charge < -0.3 is 15.1 Å². The highest BCUT2D eigenvalue weighted by atomic mass is 16.3. The molecule has 3 atom stereocenters. The Labute approximate surface area is 94.6 Å². The van der Waals surface area contributed by atoms with Crippen LogP contribution in [0.5, 0.6) is 0 Å². The van der Waals surface area contributed by atoms with Crippen LogP contribution in [-0.4, -0.2) is 45.8 Å². The van der Waals surface area contributed by atoms with Crippen LogP contribution in [0.3, 0.4) is 0 Å². The molecule has 1 aliphatic carbocycles. The maximum absolute atomic E-state index is 11.6. The van der Waals surface area contributed by atoms with Crippen LogP contribution in [0.2, 0.25) is 0 Å². The predicted octanol–water partition coefficient (Wildman–Crippen LogP) is 0.193. The Morgan fingerprint density at radius 3 is 2.69 bits per heavy atom. The van der Waals surface area contributed by atoms with Crippen LogP contribution in [0, 0.1) is 0 Å². The fraction of sp³-hybridized carbons (Fsp3) is 0.750. The molecule has 0 aromatic heterocycles. The van der Waals surface area contributed by atoms with Gasteiger partial charge in [0.25, 0.3) is 0 Å². The fourth-order valence-electron chi connectivity index (χ4n) is 3.35. The molecule has 1 amide bonds. The van der Waals surface area contributed by atoms with Crippen molar-refractivity contribution < 1.29 is 15.0 Å². The number of fused-ring (bicyclic) bond motifs is 2. The highest BCUT2D eigenvalue weighted by molar-refractivity contribution is 5.80. The van der Waals surface area contributed by atoms with E-state index in [1.807, 2.05) is 4.90 Å². The van der Waals surface area contributed by atoms with E-state index >= 15 is 0 Å². The second-order valence-electron chi connectivity index (χ2n) is 4.99. The lowest BCUT2D eigenvalue weighted by Crippen LogP contribution is -2.45. The number of carbonyl (C=O) groups excluding carboxylic acids is 1. The summed E-state index contributed by atoms with van der Waals surface area (Å²) in [5.41, 5.74) is 2.24. The summed E-state index contributed by atoms with van der Waals surface area (Å²) >= 11 is 0. The van der Waals surface area contributed by atoms with E-state index in [-0.39, 0.29) is 11.9 Å². The molecule has 16 heavy (non-hydrogen) atoms. The molecule has 0 bridgehead atoms. The second kappa shape index (κ2) is 3.57. The molecular weight excluding hydrogens is 206 g/mol. The maximum Gasteiger partial charge on any atom is 0.223 e. The molecule has 2 heterocycles. The van der Waals surface area contributed by atoms with Crippen molar-refractivity contribution in [3.8, 4) is 0 Å². The number of hydrogen-bond acceptors (Lipinski definition) is 3. The number of aliphatic hydroxyl groups is 2.